The molecule has 1 aliphatic carbocycles. The third-order valence-corrected chi connectivity index (χ3v) is 11.5. The Bertz CT molecular complexity index is 2380. The average molecular weight is 855 g/mol. The van der Waals surface area contributed by atoms with Gasteiger partial charge < -0.3 is 51.2 Å². The zero-order valence-corrected chi connectivity index (χ0v) is 34.6. The Morgan fingerprint density at radius 2 is 1.61 bits per heavy atom. The number of nitrogens with two attached hydrogens (primary N) is 1. The number of hydrogen-bond donors (Lipinski definition) is 6. The fraction of sp³-hybridized carbons (Fsp3) is 0.386. The highest BCUT2D eigenvalue weighted by Crippen LogP contribution is 2.42. The van der Waals surface area contributed by atoms with Crippen LogP contribution in [0.5, 0.6) is 0 Å². The first-order valence-corrected chi connectivity index (χ1v) is 20.6. The summed E-state index contributed by atoms with van der Waals surface area (Å²) < 4.78 is 22.5. The van der Waals surface area contributed by atoms with Crippen LogP contribution < -0.4 is 37.3 Å². The number of pyridine rings is 1. The van der Waals surface area contributed by atoms with Gasteiger partial charge in [-0.05, 0) is 74.9 Å². The summed E-state index contributed by atoms with van der Waals surface area (Å²) in [6.45, 7) is 5.10. The van der Waals surface area contributed by atoms with Gasteiger partial charge in [-0.15, -0.1) is 0 Å². The number of aromatic nitrogens is 1. The van der Waals surface area contributed by atoms with Crippen molar-refractivity contribution in [3.8, 4) is 0 Å². The molecule has 1 aliphatic heterocycles. The van der Waals surface area contributed by atoms with E-state index in [-0.39, 0.29) is 62.9 Å². The van der Waals surface area contributed by atoms with Gasteiger partial charge in [0.25, 0.3) is 0 Å². The number of hydrogen-bond acceptors (Lipinski definition) is 9. The number of anilines is 2. The molecule has 2 aliphatic rings. The van der Waals surface area contributed by atoms with E-state index in [1.807, 2.05) is 37.3 Å². The molecule has 2 heterocycles. The fourth-order valence-electron chi connectivity index (χ4n) is 7.67. The molecule has 62 heavy (non-hydrogen) atoms. The molecule has 0 spiro atoms. The van der Waals surface area contributed by atoms with Gasteiger partial charge in [0.1, 0.15) is 29.4 Å². The molecule has 0 unspecified atom stereocenters. The van der Waals surface area contributed by atoms with E-state index in [9.17, 15) is 38.7 Å². The van der Waals surface area contributed by atoms with E-state index in [0.717, 1.165) is 11.6 Å². The van der Waals surface area contributed by atoms with Crippen molar-refractivity contribution in [2.75, 3.05) is 42.9 Å². The molecule has 7 N–H and O–H groups in total. The first kappa shape index (κ1) is 44.6. The number of urea groups is 1. The molecule has 4 aromatic rings. The Balaban J connectivity index is 1.02. The number of nitrogens with one attached hydrogen (secondary N) is 4. The van der Waals surface area contributed by atoms with E-state index in [2.05, 4.69) is 21.3 Å². The van der Waals surface area contributed by atoms with Crippen LogP contribution in [0.15, 0.2) is 77.7 Å². The van der Waals surface area contributed by atoms with Gasteiger partial charge in [0.15, 0.2) is 0 Å². The number of rotatable bonds is 16. The Hall–Kier alpha value is -6.98. The number of aromatic carboxylic acids is 1. The second-order valence-corrected chi connectivity index (χ2v) is 15.5. The predicted octanol–water partition coefficient (Wildman–Crippen LogP) is 4.24. The van der Waals surface area contributed by atoms with Gasteiger partial charge in [-0.25, -0.2) is 18.8 Å². The van der Waals surface area contributed by atoms with Crippen molar-refractivity contribution in [3.05, 3.63) is 106 Å². The van der Waals surface area contributed by atoms with Crippen LogP contribution in [-0.2, 0) is 32.3 Å². The second-order valence-electron chi connectivity index (χ2n) is 15.5. The van der Waals surface area contributed by atoms with Crippen molar-refractivity contribution in [3.63, 3.8) is 0 Å². The molecular formula is C44H51FN8O9. The molecule has 2 atom stereocenters. The summed E-state index contributed by atoms with van der Waals surface area (Å²) in [5.74, 6) is -3.55. The van der Waals surface area contributed by atoms with Crippen LogP contribution in [-0.4, -0.2) is 89.2 Å². The maximum absolute atomic E-state index is 15.3. The topological polar surface area (TPSA) is 234 Å². The SMILES string of the molecule is CCn1cc(C(=O)O)c(=O)c2cc(F)c(N3CCN(C(=O)OCc4ccc(NC(=O)[C@H](CCCNC(N)=O)NC(=O)C5(C(=O)N[C@H](C)c6ccccc6)CCC5)cc4)CC3)cc21. The lowest BCUT2D eigenvalue weighted by molar-refractivity contribution is -0.151. The number of carbonyl (C=O) groups excluding carboxylic acids is 5. The Morgan fingerprint density at radius 3 is 2.23 bits per heavy atom. The Labute approximate surface area is 356 Å². The number of ether oxygens (including phenoxy) is 1. The quantitative estimate of drug-likeness (QED) is 0.0693. The summed E-state index contributed by atoms with van der Waals surface area (Å²) in [6, 6.07) is 16.5. The molecule has 0 radical (unpaired) electrons. The van der Waals surface area contributed by atoms with Crippen LogP contribution in [0, 0.1) is 11.2 Å². The van der Waals surface area contributed by atoms with E-state index in [0.29, 0.717) is 49.0 Å². The maximum Gasteiger partial charge on any atom is 0.410 e. The number of carbonyl (C=O) groups is 6. The number of aryl methyl sites for hydroxylation is 1. The molecule has 17 nitrogen and oxygen atoms in total. The van der Waals surface area contributed by atoms with Gasteiger partial charge in [0, 0.05) is 56.5 Å². The van der Waals surface area contributed by atoms with E-state index < -0.39 is 64.1 Å². The zero-order valence-electron chi connectivity index (χ0n) is 34.6. The van der Waals surface area contributed by atoms with Crippen LogP contribution in [0.4, 0.5) is 25.4 Å². The lowest BCUT2D eigenvalue weighted by Gasteiger charge is -2.40. The van der Waals surface area contributed by atoms with Crippen molar-refractivity contribution >= 4 is 58.1 Å². The lowest BCUT2D eigenvalue weighted by atomic mass is 9.67. The molecule has 6 amide bonds. The van der Waals surface area contributed by atoms with Crippen molar-refractivity contribution in [2.45, 2.75) is 71.2 Å². The molecule has 18 heteroatoms. The van der Waals surface area contributed by atoms with Gasteiger partial charge in [-0.2, -0.15) is 0 Å². The van der Waals surface area contributed by atoms with E-state index in [1.54, 1.807) is 40.7 Å². The summed E-state index contributed by atoms with van der Waals surface area (Å²) in [5.41, 5.74) is 5.23. The Kier molecular flexibility index (Phi) is 14.1. The summed E-state index contributed by atoms with van der Waals surface area (Å²) >= 11 is 0. The number of benzene rings is 3. The van der Waals surface area contributed by atoms with Crippen LogP contribution in [0.25, 0.3) is 10.9 Å². The number of amides is 6. The highest BCUT2D eigenvalue weighted by molar-refractivity contribution is 6.08. The maximum atomic E-state index is 15.3. The minimum atomic E-state index is -1.39. The number of carboxylic acids is 1. The van der Waals surface area contributed by atoms with Crippen molar-refractivity contribution in [2.24, 2.45) is 11.1 Å². The molecular weight excluding hydrogens is 804 g/mol. The van der Waals surface area contributed by atoms with E-state index in [4.69, 9.17) is 10.5 Å². The number of piperazine rings is 1. The van der Waals surface area contributed by atoms with Gasteiger partial charge in [0.2, 0.25) is 23.2 Å². The minimum Gasteiger partial charge on any atom is -0.477 e. The number of primary amides is 1. The summed E-state index contributed by atoms with van der Waals surface area (Å²) in [5, 5.41) is 20.4. The summed E-state index contributed by atoms with van der Waals surface area (Å²) in [4.78, 5) is 92.8. The van der Waals surface area contributed by atoms with Gasteiger partial charge in [-0.1, -0.05) is 48.9 Å². The monoisotopic (exact) mass is 854 g/mol. The standard InChI is InChI=1S/C44H51FN8O9/c1-3-51-25-32(39(56)57)37(54)31-23-33(45)36(24-35(31)51)52-19-21-53(22-20-52)43(61)62-26-28-12-14-30(15-13-28)49-38(55)34(11-7-18-47-42(46)60)50-41(59)44(16-8-17-44)40(58)48-27(2)29-9-5-4-6-10-29/h4-6,9-10,12-15,23-25,27,34H,3,7-8,11,16-22,26H2,1-2H3,(H,48,58)(H,49,55)(H,50,59)(H,56,57)(H3,46,47,60)/t27-,34+/m1/s1. The number of nitrogens with zero attached hydrogens (tertiary/aromatic N) is 3. The highest BCUT2D eigenvalue weighted by atomic mass is 19.1. The van der Waals surface area contributed by atoms with E-state index in [1.165, 1.54) is 17.2 Å². The van der Waals surface area contributed by atoms with E-state index >= 15 is 4.39 Å². The van der Waals surface area contributed by atoms with Crippen molar-refractivity contribution in [1.82, 2.24) is 25.4 Å². The molecule has 0 bridgehead atoms. The molecule has 328 valence electrons. The normalized spacial score (nSPS) is 15.4. The third kappa shape index (κ3) is 10.1. The second kappa shape index (κ2) is 19.6. The Morgan fingerprint density at radius 1 is 0.935 bits per heavy atom. The summed E-state index contributed by atoms with van der Waals surface area (Å²) in [6.07, 6.45) is 2.48. The predicted molar refractivity (Wildman–Crippen MR) is 228 cm³/mol. The first-order valence-electron chi connectivity index (χ1n) is 20.6. The molecule has 1 saturated carbocycles. The van der Waals surface area contributed by atoms with Gasteiger partial charge in [0.05, 0.1) is 17.2 Å². The van der Waals surface area contributed by atoms with Crippen LogP contribution >= 0.6 is 0 Å². The van der Waals surface area contributed by atoms with Crippen molar-refractivity contribution < 1.29 is 43.0 Å². The number of fused-ring (bicyclic) bond motifs is 1. The molecule has 2 fully saturated rings. The zero-order chi connectivity index (χ0) is 44.6. The third-order valence-electron chi connectivity index (χ3n) is 11.5. The number of halogens is 1. The molecule has 1 saturated heterocycles. The first-order chi connectivity index (χ1) is 29.7. The largest absolute Gasteiger partial charge is 0.477 e. The average Bonchev–Trinajstić information content (AvgIpc) is 3.24. The van der Waals surface area contributed by atoms with Crippen LogP contribution in [0.3, 0.4) is 0 Å². The molecule has 1 aromatic heterocycles. The number of carboxylic acid groups (broad SMARTS) is 1. The fourth-order valence-corrected chi connectivity index (χ4v) is 7.67. The lowest BCUT2D eigenvalue weighted by Crippen LogP contribution is -2.58. The van der Waals surface area contributed by atoms with Crippen LogP contribution in [0.1, 0.15) is 73.5 Å². The highest BCUT2D eigenvalue weighted by Gasteiger charge is 2.51. The van der Waals surface area contributed by atoms with Crippen LogP contribution in [0.2, 0.25) is 0 Å². The summed E-state index contributed by atoms with van der Waals surface area (Å²) in [7, 11) is 0. The molecule has 3 aromatic carbocycles. The van der Waals surface area contributed by atoms with Gasteiger partial charge >= 0.3 is 18.1 Å². The minimum absolute atomic E-state index is 0.0286. The van der Waals surface area contributed by atoms with Gasteiger partial charge in [-0.3, -0.25) is 19.2 Å². The smallest absolute Gasteiger partial charge is 0.410 e. The van der Waals surface area contributed by atoms with Crippen molar-refractivity contribution in [1.29, 1.82) is 0 Å². The molecule has 6 rings (SSSR count).